The van der Waals surface area contributed by atoms with Gasteiger partial charge in [0.2, 0.25) is 0 Å². The third-order valence-corrected chi connectivity index (χ3v) is 3.78. The van der Waals surface area contributed by atoms with Crippen molar-refractivity contribution < 1.29 is 0 Å². The van der Waals surface area contributed by atoms with Crippen molar-refractivity contribution in [1.29, 1.82) is 0 Å². The Morgan fingerprint density at radius 3 is 2.35 bits per heavy atom. The fourth-order valence-electron chi connectivity index (χ4n) is 2.22. The van der Waals surface area contributed by atoms with Crippen LogP contribution in [0.25, 0.3) is 0 Å². The van der Waals surface area contributed by atoms with Crippen molar-refractivity contribution in [2.75, 3.05) is 0 Å². The SMILES string of the molecule is CCCn1ncnc1CNC(CC)(CC)CC. The molecule has 0 saturated heterocycles. The van der Waals surface area contributed by atoms with Crippen LogP contribution in [0.15, 0.2) is 6.33 Å². The van der Waals surface area contributed by atoms with Crippen LogP contribution in [0.3, 0.4) is 0 Å². The van der Waals surface area contributed by atoms with E-state index in [0.29, 0.717) is 0 Å². The molecular weight excluding hydrogens is 212 g/mol. The van der Waals surface area contributed by atoms with E-state index in [2.05, 4.69) is 43.1 Å². The van der Waals surface area contributed by atoms with E-state index in [1.807, 2.05) is 4.68 Å². The average molecular weight is 238 g/mol. The van der Waals surface area contributed by atoms with E-state index in [1.165, 1.54) is 0 Å². The Kier molecular flexibility index (Phi) is 5.62. The molecule has 98 valence electrons. The molecular formula is C13H26N4. The summed E-state index contributed by atoms with van der Waals surface area (Å²) in [5, 5.41) is 7.91. The van der Waals surface area contributed by atoms with Crippen LogP contribution in [0, 0.1) is 0 Å². The van der Waals surface area contributed by atoms with Gasteiger partial charge in [0.05, 0.1) is 6.54 Å². The largest absolute Gasteiger partial charge is 0.304 e. The highest BCUT2D eigenvalue weighted by Crippen LogP contribution is 2.19. The van der Waals surface area contributed by atoms with Crippen molar-refractivity contribution >= 4 is 0 Å². The molecule has 0 fully saturated rings. The fourth-order valence-corrected chi connectivity index (χ4v) is 2.22. The van der Waals surface area contributed by atoms with Crippen LogP contribution in [0.4, 0.5) is 0 Å². The first-order valence-electron chi connectivity index (χ1n) is 6.83. The average Bonchev–Trinajstić information content (AvgIpc) is 2.80. The van der Waals surface area contributed by atoms with E-state index in [9.17, 15) is 0 Å². The Labute approximate surface area is 105 Å². The summed E-state index contributed by atoms with van der Waals surface area (Å²) < 4.78 is 2.00. The summed E-state index contributed by atoms with van der Waals surface area (Å²) in [4.78, 5) is 4.33. The molecule has 0 aromatic carbocycles. The maximum absolute atomic E-state index is 4.33. The minimum absolute atomic E-state index is 0.253. The molecule has 4 nitrogen and oxygen atoms in total. The highest BCUT2D eigenvalue weighted by Gasteiger charge is 2.23. The van der Waals surface area contributed by atoms with Crippen LogP contribution in [0.5, 0.6) is 0 Å². The predicted molar refractivity (Wildman–Crippen MR) is 70.8 cm³/mol. The van der Waals surface area contributed by atoms with Crippen molar-refractivity contribution in [3.05, 3.63) is 12.2 Å². The van der Waals surface area contributed by atoms with Gasteiger partial charge in [-0.25, -0.2) is 9.67 Å². The molecule has 0 bridgehead atoms. The number of aryl methyl sites for hydroxylation is 1. The van der Waals surface area contributed by atoms with Crippen molar-refractivity contribution in [3.8, 4) is 0 Å². The van der Waals surface area contributed by atoms with E-state index in [4.69, 9.17) is 0 Å². The maximum atomic E-state index is 4.33. The molecule has 0 aliphatic rings. The van der Waals surface area contributed by atoms with Crippen molar-refractivity contribution in [2.24, 2.45) is 0 Å². The summed E-state index contributed by atoms with van der Waals surface area (Å²) in [5.41, 5.74) is 0.253. The van der Waals surface area contributed by atoms with Gasteiger partial charge < -0.3 is 5.32 Å². The molecule has 0 aliphatic heterocycles. The van der Waals surface area contributed by atoms with Gasteiger partial charge in [0.1, 0.15) is 12.2 Å². The van der Waals surface area contributed by atoms with E-state index in [1.54, 1.807) is 6.33 Å². The molecule has 1 N–H and O–H groups in total. The third-order valence-electron chi connectivity index (χ3n) is 3.78. The zero-order valence-electron chi connectivity index (χ0n) is 11.7. The lowest BCUT2D eigenvalue weighted by Gasteiger charge is -2.31. The second-order valence-electron chi connectivity index (χ2n) is 4.59. The molecule has 1 aromatic heterocycles. The molecule has 0 spiro atoms. The van der Waals surface area contributed by atoms with Crippen LogP contribution < -0.4 is 5.32 Å². The molecule has 0 amide bonds. The number of hydrogen-bond acceptors (Lipinski definition) is 3. The first-order chi connectivity index (χ1) is 8.21. The summed E-state index contributed by atoms with van der Waals surface area (Å²) in [6, 6.07) is 0. The maximum Gasteiger partial charge on any atom is 0.140 e. The molecule has 0 unspecified atom stereocenters. The minimum Gasteiger partial charge on any atom is -0.304 e. The Balaban J connectivity index is 2.62. The zero-order chi connectivity index (χ0) is 12.7. The topological polar surface area (TPSA) is 42.7 Å². The van der Waals surface area contributed by atoms with Crippen molar-refractivity contribution in [1.82, 2.24) is 20.1 Å². The van der Waals surface area contributed by atoms with Crippen LogP contribution in [-0.4, -0.2) is 20.3 Å². The van der Waals surface area contributed by atoms with Gasteiger partial charge in [-0.1, -0.05) is 27.7 Å². The molecule has 4 heteroatoms. The Morgan fingerprint density at radius 2 is 1.82 bits per heavy atom. The van der Waals surface area contributed by atoms with Crippen LogP contribution >= 0.6 is 0 Å². The van der Waals surface area contributed by atoms with E-state index < -0.39 is 0 Å². The van der Waals surface area contributed by atoms with Crippen LogP contribution in [0.2, 0.25) is 0 Å². The Hall–Kier alpha value is -0.900. The molecule has 0 atom stereocenters. The second kappa shape index (κ2) is 6.74. The molecule has 17 heavy (non-hydrogen) atoms. The standard InChI is InChI=1S/C13H26N4/c1-5-9-17-12(14-11-16-17)10-15-13(6-2,7-3)8-4/h11,15H,5-10H2,1-4H3. The number of rotatable bonds is 8. The number of hydrogen-bond donors (Lipinski definition) is 1. The highest BCUT2D eigenvalue weighted by atomic mass is 15.3. The van der Waals surface area contributed by atoms with Gasteiger partial charge in [0.25, 0.3) is 0 Å². The number of nitrogens with zero attached hydrogens (tertiary/aromatic N) is 3. The first kappa shape index (κ1) is 14.2. The summed E-state index contributed by atoms with van der Waals surface area (Å²) in [6.45, 7) is 10.7. The molecule has 0 saturated carbocycles. The van der Waals surface area contributed by atoms with E-state index in [0.717, 1.165) is 44.6 Å². The van der Waals surface area contributed by atoms with Gasteiger partial charge in [-0.15, -0.1) is 0 Å². The van der Waals surface area contributed by atoms with Crippen molar-refractivity contribution in [3.63, 3.8) is 0 Å². The Bertz CT molecular complexity index is 307. The Morgan fingerprint density at radius 1 is 1.18 bits per heavy atom. The molecule has 1 rings (SSSR count). The number of nitrogens with one attached hydrogen (secondary N) is 1. The summed E-state index contributed by atoms with van der Waals surface area (Å²) in [5.74, 6) is 1.05. The molecule has 0 aliphatic carbocycles. The van der Waals surface area contributed by atoms with Crippen LogP contribution in [0.1, 0.15) is 59.2 Å². The number of aromatic nitrogens is 3. The normalized spacial score (nSPS) is 12.0. The lowest BCUT2D eigenvalue weighted by atomic mass is 9.90. The predicted octanol–water partition coefficient (Wildman–Crippen LogP) is 2.75. The second-order valence-corrected chi connectivity index (χ2v) is 4.59. The first-order valence-corrected chi connectivity index (χ1v) is 6.83. The van der Waals surface area contributed by atoms with Gasteiger partial charge in [0.15, 0.2) is 0 Å². The minimum atomic E-state index is 0.253. The molecule has 1 heterocycles. The lowest BCUT2D eigenvalue weighted by Crippen LogP contribution is -2.43. The molecule has 1 aromatic rings. The highest BCUT2D eigenvalue weighted by molar-refractivity contribution is 4.90. The quantitative estimate of drug-likeness (QED) is 0.757. The third kappa shape index (κ3) is 3.53. The van der Waals surface area contributed by atoms with Crippen molar-refractivity contribution in [2.45, 2.75) is 72.0 Å². The molecule has 0 radical (unpaired) electrons. The zero-order valence-corrected chi connectivity index (χ0v) is 11.7. The lowest BCUT2D eigenvalue weighted by molar-refractivity contribution is 0.282. The summed E-state index contributed by atoms with van der Waals surface area (Å²) >= 11 is 0. The monoisotopic (exact) mass is 238 g/mol. The fraction of sp³-hybridized carbons (Fsp3) is 0.846. The van der Waals surface area contributed by atoms with Gasteiger partial charge in [-0.2, -0.15) is 5.10 Å². The summed E-state index contributed by atoms with van der Waals surface area (Å²) in [7, 11) is 0. The smallest absolute Gasteiger partial charge is 0.140 e. The van der Waals surface area contributed by atoms with E-state index in [-0.39, 0.29) is 5.54 Å². The van der Waals surface area contributed by atoms with Crippen LogP contribution in [-0.2, 0) is 13.1 Å². The van der Waals surface area contributed by atoms with Gasteiger partial charge in [-0.3, -0.25) is 0 Å². The van der Waals surface area contributed by atoms with Gasteiger partial charge in [0, 0.05) is 12.1 Å². The van der Waals surface area contributed by atoms with E-state index >= 15 is 0 Å². The van der Waals surface area contributed by atoms with Gasteiger partial charge >= 0.3 is 0 Å². The summed E-state index contributed by atoms with van der Waals surface area (Å²) in [6.07, 6.45) is 6.21. The van der Waals surface area contributed by atoms with Gasteiger partial charge in [-0.05, 0) is 25.7 Å².